The average Bonchev–Trinajstić information content (AvgIpc) is 3.11. The Labute approximate surface area is 99.4 Å². The van der Waals surface area contributed by atoms with E-state index < -0.39 is 0 Å². The first-order chi connectivity index (χ1) is 7.75. The lowest BCUT2D eigenvalue weighted by molar-refractivity contribution is 0.0943. The summed E-state index contributed by atoms with van der Waals surface area (Å²) in [6.07, 6.45) is 2.29. The predicted octanol–water partition coefficient (Wildman–Crippen LogP) is 0.958. The number of amides is 1. The fourth-order valence-corrected chi connectivity index (χ4v) is 1.44. The fraction of sp³-hybridized carbons (Fsp3) is 0.273. The quantitative estimate of drug-likeness (QED) is 0.528. The Morgan fingerprint density at radius 3 is 2.50 bits per heavy atom. The van der Waals surface area contributed by atoms with Gasteiger partial charge in [-0.3, -0.25) is 15.6 Å². The normalized spacial score (nSPS) is 14.0. The molecule has 4 nitrogen and oxygen atoms in total. The monoisotopic (exact) mass is 235 g/mol. The lowest BCUT2D eigenvalue weighted by atomic mass is 10.2. The van der Waals surface area contributed by atoms with Gasteiger partial charge in [-0.2, -0.15) is 0 Å². The van der Waals surface area contributed by atoms with Crippen molar-refractivity contribution in [3.63, 3.8) is 0 Å². The van der Waals surface area contributed by atoms with Gasteiger partial charge >= 0.3 is 0 Å². The van der Waals surface area contributed by atoms with E-state index in [1.165, 1.54) is 0 Å². The largest absolute Gasteiger partial charge is 0.359 e. The summed E-state index contributed by atoms with van der Waals surface area (Å²) in [5.74, 6) is -0.194. The van der Waals surface area contributed by atoms with Gasteiger partial charge in [-0.1, -0.05) is 18.2 Å². The molecule has 0 saturated heterocycles. The van der Waals surface area contributed by atoms with Gasteiger partial charge in [0.1, 0.15) is 0 Å². The summed E-state index contributed by atoms with van der Waals surface area (Å²) in [6, 6.07) is 9.46. The second kappa shape index (κ2) is 4.94. The Balaban J connectivity index is 1.77. The molecule has 3 N–H and O–H groups in total. The summed E-state index contributed by atoms with van der Waals surface area (Å²) in [5.41, 5.74) is 5.81. The minimum absolute atomic E-state index is 0.194. The van der Waals surface area contributed by atoms with E-state index in [0.717, 1.165) is 12.8 Å². The lowest BCUT2D eigenvalue weighted by Gasteiger charge is -2.10. The SMILES string of the molecule is O=C(NNC(=S)NC1CC1)c1ccccc1. The van der Waals surface area contributed by atoms with Crippen LogP contribution in [0.5, 0.6) is 0 Å². The highest BCUT2D eigenvalue weighted by Crippen LogP contribution is 2.18. The van der Waals surface area contributed by atoms with Crippen molar-refractivity contribution in [3.8, 4) is 0 Å². The van der Waals surface area contributed by atoms with E-state index in [2.05, 4.69) is 16.2 Å². The molecular weight excluding hydrogens is 222 g/mol. The van der Waals surface area contributed by atoms with Crippen molar-refractivity contribution in [1.82, 2.24) is 16.2 Å². The molecule has 84 valence electrons. The van der Waals surface area contributed by atoms with Crippen LogP contribution in [-0.4, -0.2) is 17.1 Å². The van der Waals surface area contributed by atoms with E-state index in [4.69, 9.17) is 12.2 Å². The number of nitrogens with one attached hydrogen (secondary N) is 3. The van der Waals surface area contributed by atoms with Crippen LogP contribution in [0.15, 0.2) is 30.3 Å². The Kier molecular flexibility index (Phi) is 3.36. The van der Waals surface area contributed by atoms with Crippen LogP contribution >= 0.6 is 12.2 Å². The lowest BCUT2D eigenvalue weighted by Crippen LogP contribution is -2.47. The molecule has 16 heavy (non-hydrogen) atoms. The molecule has 5 heteroatoms. The van der Waals surface area contributed by atoms with Crippen LogP contribution in [-0.2, 0) is 0 Å². The number of hydrogen-bond acceptors (Lipinski definition) is 2. The molecule has 0 aromatic heterocycles. The van der Waals surface area contributed by atoms with Gasteiger partial charge in [-0.05, 0) is 37.2 Å². The molecule has 0 bridgehead atoms. The number of hydrazine groups is 1. The third-order valence-corrected chi connectivity index (χ3v) is 2.46. The summed E-state index contributed by atoms with van der Waals surface area (Å²) >= 11 is 5.00. The molecule has 1 aliphatic rings. The fourth-order valence-electron chi connectivity index (χ4n) is 1.22. The molecule has 1 aromatic carbocycles. The number of carbonyl (C=O) groups excluding carboxylic acids is 1. The standard InChI is InChI=1S/C11H13N3OS/c15-10(8-4-2-1-3-5-8)13-14-11(16)12-9-6-7-9/h1-5,9H,6-7H2,(H,13,15)(H2,12,14,16). The Morgan fingerprint density at radius 1 is 1.19 bits per heavy atom. The van der Waals surface area contributed by atoms with Crippen LogP contribution in [0.1, 0.15) is 23.2 Å². The molecule has 0 radical (unpaired) electrons. The van der Waals surface area contributed by atoms with E-state index >= 15 is 0 Å². The molecule has 0 atom stereocenters. The number of rotatable bonds is 2. The summed E-state index contributed by atoms with van der Waals surface area (Å²) in [7, 11) is 0. The molecule has 1 aromatic rings. The van der Waals surface area contributed by atoms with E-state index in [0.29, 0.717) is 16.7 Å². The van der Waals surface area contributed by atoms with Gasteiger partial charge in [0.25, 0.3) is 5.91 Å². The average molecular weight is 235 g/mol. The van der Waals surface area contributed by atoms with Gasteiger partial charge in [0.2, 0.25) is 0 Å². The van der Waals surface area contributed by atoms with Gasteiger partial charge in [-0.25, -0.2) is 0 Å². The van der Waals surface area contributed by atoms with Crippen molar-refractivity contribution in [3.05, 3.63) is 35.9 Å². The van der Waals surface area contributed by atoms with Crippen LogP contribution in [0, 0.1) is 0 Å². The second-order valence-corrected chi connectivity index (χ2v) is 4.10. The third-order valence-electron chi connectivity index (χ3n) is 2.24. The van der Waals surface area contributed by atoms with Crippen molar-refractivity contribution in [2.45, 2.75) is 18.9 Å². The minimum atomic E-state index is -0.194. The van der Waals surface area contributed by atoms with E-state index in [1.807, 2.05) is 18.2 Å². The molecule has 2 rings (SSSR count). The van der Waals surface area contributed by atoms with Crippen LogP contribution in [0.3, 0.4) is 0 Å². The van der Waals surface area contributed by atoms with Crippen molar-refractivity contribution in [1.29, 1.82) is 0 Å². The van der Waals surface area contributed by atoms with Gasteiger partial charge in [0, 0.05) is 11.6 Å². The third kappa shape index (κ3) is 3.20. The summed E-state index contributed by atoms with van der Waals surface area (Å²) in [6.45, 7) is 0. The van der Waals surface area contributed by atoms with E-state index in [1.54, 1.807) is 12.1 Å². The molecule has 0 unspecified atom stereocenters. The highest BCUT2D eigenvalue weighted by molar-refractivity contribution is 7.80. The Morgan fingerprint density at radius 2 is 1.88 bits per heavy atom. The van der Waals surface area contributed by atoms with E-state index in [9.17, 15) is 4.79 Å². The first-order valence-corrected chi connectivity index (χ1v) is 5.58. The highest BCUT2D eigenvalue weighted by Gasteiger charge is 2.21. The molecule has 0 spiro atoms. The van der Waals surface area contributed by atoms with Gasteiger partial charge in [-0.15, -0.1) is 0 Å². The predicted molar refractivity (Wildman–Crippen MR) is 65.8 cm³/mol. The highest BCUT2D eigenvalue weighted by atomic mass is 32.1. The topological polar surface area (TPSA) is 53.2 Å². The maximum atomic E-state index is 11.6. The summed E-state index contributed by atoms with van der Waals surface area (Å²) in [5, 5.41) is 3.53. The number of thiocarbonyl (C=S) groups is 1. The summed E-state index contributed by atoms with van der Waals surface area (Å²) < 4.78 is 0. The number of carbonyl (C=O) groups is 1. The van der Waals surface area contributed by atoms with Crippen LogP contribution in [0.2, 0.25) is 0 Å². The zero-order valence-electron chi connectivity index (χ0n) is 8.69. The Bertz CT molecular complexity index is 389. The maximum Gasteiger partial charge on any atom is 0.269 e. The molecule has 1 fully saturated rings. The first-order valence-electron chi connectivity index (χ1n) is 5.17. The molecule has 1 saturated carbocycles. The van der Waals surface area contributed by atoms with Gasteiger partial charge < -0.3 is 5.32 Å². The number of benzene rings is 1. The van der Waals surface area contributed by atoms with Gasteiger partial charge in [0.05, 0.1) is 0 Å². The first kappa shape index (κ1) is 10.9. The smallest absolute Gasteiger partial charge is 0.269 e. The number of hydrogen-bond donors (Lipinski definition) is 3. The molecule has 1 aliphatic carbocycles. The van der Waals surface area contributed by atoms with Crippen molar-refractivity contribution in [2.24, 2.45) is 0 Å². The molecular formula is C11H13N3OS. The van der Waals surface area contributed by atoms with Crippen LogP contribution in [0.25, 0.3) is 0 Å². The van der Waals surface area contributed by atoms with Crippen LogP contribution < -0.4 is 16.2 Å². The van der Waals surface area contributed by atoms with Crippen molar-refractivity contribution < 1.29 is 4.79 Å². The summed E-state index contributed by atoms with van der Waals surface area (Å²) in [4.78, 5) is 11.6. The minimum Gasteiger partial charge on any atom is -0.359 e. The zero-order valence-corrected chi connectivity index (χ0v) is 9.51. The van der Waals surface area contributed by atoms with Gasteiger partial charge in [0.15, 0.2) is 5.11 Å². The van der Waals surface area contributed by atoms with Crippen LogP contribution in [0.4, 0.5) is 0 Å². The molecule has 1 amide bonds. The maximum absolute atomic E-state index is 11.6. The molecule has 0 heterocycles. The zero-order chi connectivity index (χ0) is 11.4. The Hall–Kier alpha value is -1.62. The van der Waals surface area contributed by atoms with Crippen molar-refractivity contribution >= 4 is 23.2 Å². The van der Waals surface area contributed by atoms with E-state index in [-0.39, 0.29) is 5.91 Å². The molecule has 0 aliphatic heterocycles. The second-order valence-electron chi connectivity index (χ2n) is 3.69. The van der Waals surface area contributed by atoms with Crippen molar-refractivity contribution in [2.75, 3.05) is 0 Å².